The lowest BCUT2D eigenvalue weighted by molar-refractivity contribution is -0.0328. The molecule has 2 aromatic carbocycles. The van der Waals surface area contributed by atoms with Crippen molar-refractivity contribution in [2.24, 2.45) is 7.05 Å². The topological polar surface area (TPSA) is 95.3 Å². The molecular weight excluding hydrogens is 427 g/mol. The maximum atomic E-state index is 12.4. The zero-order valence-corrected chi connectivity index (χ0v) is 16.3. The fraction of sp³-hybridized carbons (Fsp3) is 0.167. The Labute approximate surface area is 170 Å². The largest absolute Gasteiger partial charge is 0.493 e. The van der Waals surface area contributed by atoms with Crippen molar-refractivity contribution in [2.45, 2.75) is 10.4 Å². The van der Waals surface area contributed by atoms with Crippen LogP contribution in [0.3, 0.4) is 0 Å². The molecule has 0 aliphatic heterocycles. The van der Waals surface area contributed by atoms with Crippen molar-refractivity contribution in [3.63, 3.8) is 0 Å². The fourth-order valence-electron chi connectivity index (χ4n) is 2.50. The normalized spacial score (nSPS) is 11.4. The second kappa shape index (κ2) is 8.14. The first kappa shape index (κ1) is 21.3. The molecule has 1 heterocycles. The number of aromatic nitrogens is 3. The number of alkyl halides is 3. The average Bonchev–Trinajstić information content (AvgIpc) is 2.67. The fourth-order valence-corrected chi connectivity index (χ4v) is 3.04. The van der Waals surface area contributed by atoms with Gasteiger partial charge in [-0.2, -0.15) is 13.2 Å². The molecule has 1 N–H and O–H groups in total. The van der Waals surface area contributed by atoms with Crippen LogP contribution < -0.4 is 26.5 Å². The van der Waals surface area contributed by atoms with E-state index in [1.165, 1.54) is 56.6 Å². The van der Waals surface area contributed by atoms with Crippen LogP contribution in [0.5, 0.6) is 17.2 Å². The first-order chi connectivity index (χ1) is 14.1. The number of hydrogen-bond acceptors (Lipinski definition) is 6. The molecule has 0 unspecified atom stereocenters. The molecule has 158 valence electrons. The molecule has 0 bridgehead atoms. The SMILES string of the molecule is COc1cc(-n2c(=O)[nH]c(=O)n(C)c2=O)ccc1Oc1ccc(SC(F)(F)F)cc1. The molecular formula is C18H14F3N3O5S. The van der Waals surface area contributed by atoms with Gasteiger partial charge in [-0.05, 0) is 48.2 Å². The highest BCUT2D eigenvalue weighted by Crippen LogP contribution is 2.38. The van der Waals surface area contributed by atoms with Gasteiger partial charge in [0.05, 0.1) is 12.8 Å². The zero-order valence-electron chi connectivity index (χ0n) is 15.5. The van der Waals surface area contributed by atoms with Crippen molar-refractivity contribution >= 4 is 11.8 Å². The highest BCUT2D eigenvalue weighted by atomic mass is 32.2. The summed E-state index contributed by atoms with van der Waals surface area (Å²) in [5.41, 5.74) is -6.88. The molecule has 30 heavy (non-hydrogen) atoms. The number of methoxy groups -OCH3 is 1. The van der Waals surface area contributed by atoms with Crippen LogP contribution in [0.4, 0.5) is 13.2 Å². The molecule has 0 saturated heterocycles. The van der Waals surface area contributed by atoms with Gasteiger partial charge in [-0.15, -0.1) is 0 Å². The summed E-state index contributed by atoms with van der Waals surface area (Å²) < 4.78 is 49.6. The number of rotatable bonds is 5. The number of benzene rings is 2. The molecule has 0 aliphatic rings. The smallest absolute Gasteiger partial charge is 0.446 e. The number of H-pyrrole nitrogens is 1. The van der Waals surface area contributed by atoms with E-state index in [0.717, 1.165) is 9.13 Å². The van der Waals surface area contributed by atoms with Crippen LogP contribution in [-0.2, 0) is 7.05 Å². The number of nitrogens with zero attached hydrogens (tertiary/aromatic N) is 2. The molecule has 3 rings (SSSR count). The van der Waals surface area contributed by atoms with Gasteiger partial charge in [0.2, 0.25) is 0 Å². The third kappa shape index (κ3) is 4.59. The minimum Gasteiger partial charge on any atom is -0.493 e. The monoisotopic (exact) mass is 441 g/mol. The van der Waals surface area contributed by atoms with Crippen LogP contribution in [-0.4, -0.2) is 26.7 Å². The predicted molar refractivity (Wildman–Crippen MR) is 103 cm³/mol. The number of hydrogen-bond donors (Lipinski definition) is 1. The molecule has 8 nitrogen and oxygen atoms in total. The van der Waals surface area contributed by atoms with Gasteiger partial charge >= 0.3 is 22.6 Å². The third-order valence-electron chi connectivity index (χ3n) is 3.89. The van der Waals surface area contributed by atoms with Crippen molar-refractivity contribution in [1.29, 1.82) is 0 Å². The van der Waals surface area contributed by atoms with E-state index in [1.807, 2.05) is 4.98 Å². The number of nitrogens with one attached hydrogen (secondary N) is 1. The molecule has 0 atom stereocenters. The highest BCUT2D eigenvalue weighted by Gasteiger charge is 2.29. The lowest BCUT2D eigenvalue weighted by Crippen LogP contribution is -2.47. The van der Waals surface area contributed by atoms with Crippen molar-refractivity contribution < 1.29 is 22.6 Å². The Morgan fingerprint density at radius 1 is 0.967 bits per heavy atom. The summed E-state index contributed by atoms with van der Waals surface area (Å²) in [6.07, 6.45) is 0. The Kier molecular flexibility index (Phi) is 5.78. The number of thioether (sulfide) groups is 1. The second-order valence-corrected chi connectivity index (χ2v) is 7.01. The number of halogens is 3. The predicted octanol–water partition coefficient (Wildman–Crippen LogP) is 2.64. The molecule has 0 saturated carbocycles. The number of aromatic amines is 1. The number of ether oxygens (including phenoxy) is 2. The Morgan fingerprint density at radius 2 is 1.63 bits per heavy atom. The second-order valence-electron chi connectivity index (χ2n) is 5.87. The summed E-state index contributed by atoms with van der Waals surface area (Å²) >= 11 is -0.242. The molecule has 0 radical (unpaired) electrons. The van der Waals surface area contributed by atoms with Crippen LogP contribution in [0.25, 0.3) is 5.69 Å². The minimum atomic E-state index is -4.39. The van der Waals surface area contributed by atoms with Crippen molar-refractivity contribution in [2.75, 3.05) is 7.11 Å². The molecule has 0 spiro atoms. The van der Waals surface area contributed by atoms with Crippen molar-refractivity contribution in [3.05, 3.63) is 73.9 Å². The molecule has 0 fully saturated rings. The van der Waals surface area contributed by atoms with Crippen LogP contribution in [0, 0.1) is 0 Å². The van der Waals surface area contributed by atoms with Gasteiger partial charge in [0.1, 0.15) is 5.75 Å². The molecule has 1 aromatic heterocycles. The summed E-state index contributed by atoms with van der Waals surface area (Å²) in [5, 5.41) is 0. The first-order valence-electron chi connectivity index (χ1n) is 8.23. The third-order valence-corrected chi connectivity index (χ3v) is 4.63. The van der Waals surface area contributed by atoms with Gasteiger partial charge in [0, 0.05) is 18.0 Å². The van der Waals surface area contributed by atoms with Gasteiger partial charge < -0.3 is 9.47 Å². The summed E-state index contributed by atoms with van der Waals surface area (Å²) in [6.45, 7) is 0. The van der Waals surface area contributed by atoms with Gasteiger partial charge in [-0.3, -0.25) is 4.98 Å². The Balaban J connectivity index is 1.93. The molecule has 0 amide bonds. The Morgan fingerprint density at radius 3 is 2.23 bits per heavy atom. The zero-order chi connectivity index (χ0) is 22.1. The van der Waals surface area contributed by atoms with Crippen molar-refractivity contribution in [1.82, 2.24) is 14.1 Å². The first-order valence-corrected chi connectivity index (χ1v) is 9.05. The van der Waals surface area contributed by atoms with Crippen molar-refractivity contribution in [3.8, 4) is 22.9 Å². The Bertz CT molecular complexity index is 1250. The maximum absolute atomic E-state index is 12.4. The van der Waals surface area contributed by atoms with E-state index >= 15 is 0 Å². The standard InChI is InChI=1S/C18H14F3N3O5S/c1-23-15(25)22-16(26)24(17(23)27)10-3-8-13(14(9-10)28-2)29-11-4-6-12(7-5-11)30-18(19,20)21/h3-9H,1-2H3,(H,22,25,26). The molecule has 3 aromatic rings. The summed E-state index contributed by atoms with van der Waals surface area (Å²) in [7, 11) is 2.55. The van der Waals surface area contributed by atoms with E-state index in [0.29, 0.717) is 0 Å². The molecule has 12 heteroatoms. The maximum Gasteiger partial charge on any atom is 0.446 e. The van der Waals surface area contributed by atoms with E-state index in [4.69, 9.17) is 9.47 Å². The van der Waals surface area contributed by atoms with E-state index < -0.39 is 22.6 Å². The van der Waals surface area contributed by atoms with E-state index in [2.05, 4.69) is 0 Å². The molecule has 0 aliphatic carbocycles. The Hall–Kier alpha value is -3.41. The minimum absolute atomic E-state index is 0.00505. The summed E-state index contributed by atoms with van der Waals surface area (Å²) in [6, 6.07) is 9.42. The van der Waals surface area contributed by atoms with Crippen LogP contribution >= 0.6 is 11.8 Å². The average molecular weight is 441 g/mol. The lowest BCUT2D eigenvalue weighted by atomic mass is 10.2. The quantitative estimate of drug-likeness (QED) is 0.612. The summed E-state index contributed by atoms with van der Waals surface area (Å²) in [5.74, 6) is 0.609. The van der Waals surface area contributed by atoms with E-state index in [-0.39, 0.29) is 39.6 Å². The van der Waals surface area contributed by atoms with Gasteiger partial charge in [-0.1, -0.05) is 0 Å². The summed E-state index contributed by atoms with van der Waals surface area (Å²) in [4.78, 5) is 37.9. The van der Waals surface area contributed by atoms with E-state index in [9.17, 15) is 27.6 Å². The lowest BCUT2D eigenvalue weighted by Gasteiger charge is -2.13. The van der Waals surface area contributed by atoms with Gasteiger partial charge in [-0.25, -0.2) is 23.5 Å². The van der Waals surface area contributed by atoms with Gasteiger partial charge in [0.25, 0.3) is 0 Å². The van der Waals surface area contributed by atoms with Gasteiger partial charge in [0.15, 0.2) is 11.5 Å². The van der Waals surface area contributed by atoms with E-state index in [1.54, 1.807) is 0 Å². The van der Waals surface area contributed by atoms with Crippen LogP contribution in [0.1, 0.15) is 0 Å². The van der Waals surface area contributed by atoms with Crippen LogP contribution in [0.2, 0.25) is 0 Å². The highest BCUT2D eigenvalue weighted by molar-refractivity contribution is 8.00. The van der Waals surface area contributed by atoms with Crippen LogP contribution in [0.15, 0.2) is 61.7 Å².